The Morgan fingerprint density at radius 1 is 1.24 bits per heavy atom. The molecule has 25 heavy (non-hydrogen) atoms. The molecule has 1 amide bonds. The fraction of sp³-hybridized carbons (Fsp3) is 0.412. The van der Waals surface area contributed by atoms with E-state index in [9.17, 15) is 4.79 Å². The standard InChI is InChI=1S/C17H19N3O4S/c1-22-12-3-2-4-14-15(12)18-17(25-14)20-7-5-19(6-8-20)16(21)13-11-23-9-10-24-13/h2-4,11H,5-10H2,1H3. The molecule has 2 aliphatic rings. The smallest absolute Gasteiger partial charge is 0.292 e. The van der Waals surface area contributed by atoms with E-state index in [-0.39, 0.29) is 5.91 Å². The van der Waals surface area contributed by atoms with E-state index in [1.807, 2.05) is 18.2 Å². The maximum atomic E-state index is 12.4. The summed E-state index contributed by atoms with van der Waals surface area (Å²) in [4.78, 5) is 21.2. The summed E-state index contributed by atoms with van der Waals surface area (Å²) < 4.78 is 17.0. The topological polar surface area (TPSA) is 64.1 Å². The average Bonchev–Trinajstić information content (AvgIpc) is 3.12. The van der Waals surface area contributed by atoms with Gasteiger partial charge in [-0.25, -0.2) is 4.98 Å². The summed E-state index contributed by atoms with van der Waals surface area (Å²) in [6, 6.07) is 5.94. The maximum Gasteiger partial charge on any atom is 0.292 e. The summed E-state index contributed by atoms with van der Waals surface area (Å²) in [5.74, 6) is 0.977. The molecular weight excluding hydrogens is 342 g/mol. The van der Waals surface area contributed by atoms with Crippen molar-refractivity contribution in [3.63, 3.8) is 0 Å². The van der Waals surface area contributed by atoms with Gasteiger partial charge in [0.05, 0.1) is 11.8 Å². The second-order valence-electron chi connectivity index (χ2n) is 5.78. The van der Waals surface area contributed by atoms with Gasteiger partial charge in [-0.2, -0.15) is 0 Å². The van der Waals surface area contributed by atoms with Crippen molar-refractivity contribution in [2.75, 3.05) is 51.4 Å². The summed E-state index contributed by atoms with van der Waals surface area (Å²) in [5, 5.41) is 0.961. The molecular formula is C17H19N3O4S. The number of rotatable bonds is 3. The third-order valence-corrected chi connectivity index (χ3v) is 5.37. The van der Waals surface area contributed by atoms with Crippen molar-refractivity contribution in [3.8, 4) is 5.75 Å². The van der Waals surface area contributed by atoms with Crippen LogP contribution in [0.15, 0.2) is 30.2 Å². The highest BCUT2D eigenvalue weighted by Gasteiger charge is 2.27. The lowest BCUT2D eigenvalue weighted by atomic mass is 10.3. The summed E-state index contributed by atoms with van der Waals surface area (Å²) in [7, 11) is 1.66. The average molecular weight is 361 g/mol. The molecule has 7 nitrogen and oxygen atoms in total. The lowest BCUT2D eigenvalue weighted by Gasteiger charge is -2.35. The van der Waals surface area contributed by atoms with Crippen LogP contribution < -0.4 is 9.64 Å². The highest BCUT2D eigenvalue weighted by atomic mass is 32.1. The van der Waals surface area contributed by atoms with E-state index in [1.54, 1.807) is 23.3 Å². The van der Waals surface area contributed by atoms with Crippen LogP contribution in [0.25, 0.3) is 10.2 Å². The van der Waals surface area contributed by atoms with Gasteiger partial charge in [0.15, 0.2) is 5.13 Å². The summed E-state index contributed by atoms with van der Waals surface area (Å²) >= 11 is 1.65. The van der Waals surface area contributed by atoms with Crippen molar-refractivity contribution in [2.45, 2.75) is 0 Å². The molecule has 2 aromatic rings. The molecule has 0 spiro atoms. The number of thiazole rings is 1. The first kappa shape index (κ1) is 16.0. The monoisotopic (exact) mass is 361 g/mol. The van der Waals surface area contributed by atoms with E-state index in [1.165, 1.54) is 6.26 Å². The summed E-state index contributed by atoms with van der Waals surface area (Å²) in [5.41, 5.74) is 0.890. The number of methoxy groups -OCH3 is 1. The van der Waals surface area contributed by atoms with Crippen LogP contribution in [0.3, 0.4) is 0 Å². The number of ether oxygens (including phenoxy) is 3. The van der Waals surface area contributed by atoms with Crippen molar-refractivity contribution in [1.29, 1.82) is 0 Å². The SMILES string of the molecule is COc1cccc2sc(N3CCN(C(=O)C4=COCCO4)CC3)nc12. The van der Waals surface area contributed by atoms with Crippen LogP contribution >= 0.6 is 11.3 Å². The number of carbonyl (C=O) groups excluding carboxylic acids is 1. The molecule has 0 atom stereocenters. The van der Waals surface area contributed by atoms with E-state index in [4.69, 9.17) is 19.2 Å². The first-order chi connectivity index (χ1) is 12.3. The van der Waals surface area contributed by atoms with Crippen LogP contribution in [0.4, 0.5) is 5.13 Å². The molecule has 0 aliphatic carbocycles. The number of benzene rings is 1. The number of para-hydroxylation sites is 1. The van der Waals surface area contributed by atoms with Crippen LogP contribution in [0.1, 0.15) is 0 Å². The summed E-state index contributed by atoms with van der Waals surface area (Å²) in [6.45, 7) is 3.65. The van der Waals surface area contributed by atoms with Crippen LogP contribution in [-0.2, 0) is 14.3 Å². The second kappa shape index (κ2) is 6.79. The molecule has 0 bridgehead atoms. The highest BCUT2D eigenvalue weighted by molar-refractivity contribution is 7.22. The Hall–Kier alpha value is -2.48. The van der Waals surface area contributed by atoms with Gasteiger partial charge in [0.2, 0.25) is 5.76 Å². The zero-order valence-electron chi connectivity index (χ0n) is 13.9. The molecule has 1 aromatic heterocycles. The number of fused-ring (bicyclic) bond motifs is 1. The molecule has 1 aromatic carbocycles. The molecule has 0 N–H and O–H groups in total. The second-order valence-corrected chi connectivity index (χ2v) is 6.79. The van der Waals surface area contributed by atoms with Crippen LogP contribution in [0, 0.1) is 0 Å². The molecule has 8 heteroatoms. The number of aromatic nitrogens is 1. The molecule has 132 valence electrons. The van der Waals surface area contributed by atoms with Gasteiger partial charge in [0.25, 0.3) is 5.91 Å². The molecule has 0 radical (unpaired) electrons. The van der Waals surface area contributed by atoms with Gasteiger partial charge >= 0.3 is 0 Å². The molecule has 2 aliphatic heterocycles. The predicted molar refractivity (Wildman–Crippen MR) is 95.0 cm³/mol. The normalized spacial score (nSPS) is 17.7. The van der Waals surface area contributed by atoms with E-state index >= 15 is 0 Å². The van der Waals surface area contributed by atoms with Crippen molar-refractivity contribution >= 4 is 32.6 Å². The maximum absolute atomic E-state index is 12.4. The fourth-order valence-electron chi connectivity index (χ4n) is 2.95. The Kier molecular flexibility index (Phi) is 4.35. The molecule has 4 rings (SSSR count). The fourth-order valence-corrected chi connectivity index (χ4v) is 3.98. The molecule has 0 unspecified atom stereocenters. The van der Waals surface area contributed by atoms with Crippen molar-refractivity contribution in [1.82, 2.24) is 9.88 Å². The Balaban J connectivity index is 1.45. The van der Waals surface area contributed by atoms with Gasteiger partial charge in [-0.3, -0.25) is 4.79 Å². The number of carbonyl (C=O) groups is 1. The predicted octanol–water partition coefficient (Wildman–Crippen LogP) is 1.84. The molecule has 3 heterocycles. The Morgan fingerprint density at radius 3 is 2.80 bits per heavy atom. The molecule has 0 saturated carbocycles. The van der Waals surface area contributed by atoms with Crippen molar-refractivity contribution < 1.29 is 19.0 Å². The van der Waals surface area contributed by atoms with Crippen LogP contribution in [-0.4, -0.2) is 62.3 Å². The third kappa shape index (κ3) is 3.09. The van der Waals surface area contributed by atoms with Gasteiger partial charge in [-0.15, -0.1) is 0 Å². The van der Waals surface area contributed by atoms with Gasteiger partial charge < -0.3 is 24.0 Å². The van der Waals surface area contributed by atoms with Gasteiger partial charge in [0, 0.05) is 26.2 Å². The van der Waals surface area contributed by atoms with Crippen molar-refractivity contribution in [3.05, 3.63) is 30.2 Å². The zero-order valence-corrected chi connectivity index (χ0v) is 14.8. The van der Waals surface area contributed by atoms with Gasteiger partial charge in [-0.05, 0) is 12.1 Å². The Bertz CT molecular complexity index is 811. The molecule has 1 saturated heterocycles. The minimum absolute atomic E-state index is 0.106. The van der Waals surface area contributed by atoms with Crippen LogP contribution in [0.5, 0.6) is 5.75 Å². The Labute approximate surface area is 149 Å². The minimum Gasteiger partial charge on any atom is -0.494 e. The first-order valence-electron chi connectivity index (χ1n) is 8.18. The van der Waals surface area contributed by atoms with Crippen LogP contribution in [0.2, 0.25) is 0 Å². The lowest BCUT2D eigenvalue weighted by molar-refractivity contribution is -0.132. The number of amides is 1. The van der Waals surface area contributed by atoms with E-state index in [0.717, 1.165) is 34.2 Å². The third-order valence-electron chi connectivity index (χ3n) is 4.29. The summed E-state index contributed by atoms with van der Waals surface area (Å²) in [6.07, 6.45) is 1.41. The number of hydrogen-bond acceptors (Lipinski definition) is 7. The van der Waals surface area contributed by atoms with E-state index in [0.29, 0.717) is 32.1 Å². The number of piperazine rings is 1. The molecule has 1 fully saturated rings. The zero-order chi connectivity index (χ0) is 17.2. The number of anilines is 1. The van der Waals surface area contributed by atoms with Gasteiger partial charge in [-0.1, -0.05) is 17.4 Å². The highest BCUT2D eigenvalue weighted by Crippen LogP contribution is 2.34. The lowest BCUT2D eigenvalue weighted by Crippen LogP contribution is -2.49. The quantitative estimate of drug-likeness (QED) is 0.831. The largest absolute Gasteiger partial charge is 0.494 e. The minimum atomic E-state index is -0.106. The number of hydrogen-bond donors (Lipinski definition) is 0. The van der Waals surface area contributed by atoms with E-state index < -0.39 is 0 Å². The Morgan fingerprint density at radius 2 is 2.08 bits per heavy atom. The van der Waals surface area contributed by atoms with Crippen molar-refractivity contribution in [2.24, 2.45) is 0 Å². The van der Waals surface area contributed by atoms with E-state index in [2.05, 4.69) is 4.90 Å². The first-order valence-corrected chi connectivity index (χ1v) is 9.00. The van der Waals surface area contributed by atoms with Gasteiger partial charge in [0.1, 0.15) is 30.7 Å². The number of nitrogens with zero attached hydrogens (tertiary/aromatic N) is 3.